The summed E-state index contributed by atoms with van der Waals surface area (Å²) in [5.41, 5.74) is 2.26. The van der Waals surface area contributed by atoms with E-state index < -0.39 is 17.6 Å². The first kappa shape index (κ1) is 14.1. The predicted molar refractivity (Wildman–Crippen MR) is 60.0 cm³/mol. The number of nitrogens with zero attached hydrogens (tertiary/aromatic N) is 2. The summed E-state index contributed by atoms with van der Waals surface area (Å²) in [6.07, 6.45) is -3.81. The zero-order valence-corrected chi connectivity index (χ0v) is 10.5. The Morgan fingerprint density at radius 2 is 2.00 bits per heavy atom. The van der Waals surface area contributed by atoms with Crippen molar-refractivity contribution in [3.8, 4) is 0 Å². The first-order valence-corrected chi connectivity index (χ1v) is 6.09. The quantitative estimate of drug-likeness (QED) is 0.740. The molecule has 0 bridgehead atoms. The van der Waals surface area contributed by atoms with Gasteiger partial charge in [-0.3, -0.25) is 9.59 Å². The van der Waals surface area contributed by atoms with Gasteiger partial charge in [-0.15, -0.1) is 0 Å². The van der Waals surface area contributed by atoms with Gasteiger partial charge in [0, 0.05) is 32.1 Å². The van der Waals surface area contributed by atoms with Crippen molar-refractivity contribution in [3.63, 3.8) is 0 Å². The summed E-state index contributed by atoms with van der Waals surface area (Å²) in [6, 6.07) is -0.172. The van der Waals surface area contributed by atoms with Gasteiger partial charge in [-0.1, -0.05) is 0 Å². The minimum Gasteiger partial charge on any atom is -0.337 e. The third-order valence-electron chi connectivity index (χ3n) is 3.81. The van der Waals surface area contributed by atoms with E-state index in [1.54, 1.807) is 4.90 Å². The highest BCUT2D eigenvalue weighted by Crippen LogP contribution is 2.31. The zero-order chi connectivity index (χ0) is 14.4. The van der Waals surface area contributed by atoms with Crippen LogP contribution in [0, 0.1) is 0 Å². The zero-order valence-electron chi connectivity index (χ0n) is 10.5. The van der Waals surface area contributed by atoms with Crippen molar-refractivity contribution in [1.82, 2.24) is 9.80 Å². The highest BCUT2D eigenvalue weighted by atomic mass is 19.4. The van der Waals surface area contributed by atoms with Gasteiger partial charge >= 0.3 is 6.18 Å². The average Bonchev–Trinajstić information content (AvgIpc) is 2.68. The van der Waals surface area contributed by atoms with E-state index in [1.807, 2.05) is 0 Å². The van der Waals surface area contributed by atoms with Crippen LogP contribution >= 0.6 is 0 Å². The minimum absolute atomic E-state index is 0.00318. The Labute approximate surface area is 108 Å². The maximum absolute atomic E-state index is 12.7. The Bertz CT molecular complexity index is 408. The molecule has 2 atom stereocenters. The summed E-state index contributed by atoms with van der Waals surface area (Å²) < 4.78 is 38.2. The topological polar surface area (TPSA) is 66.6 Å². The minimum atomic E-state index is -4.79. The van der Waals surface area contributed by atoms with Crippen LogP contribution in [-0.4, -0.2) is 59.0 Å². The Balaban J connectivity index is 2.08. The molecule has 2 N–H and O–H groups in total. The van der Waals surface area contributed by atoms with Crippen molar-refractivity contribution in [2.75, 3.05) is 19.6 Å². The van der Waals surface area contributed by atoms with Crippen LogP contribution in [0.5, 0.6) is 0 Å². The van der Waals surface area contributed by atoms with E-state index in [0.717, 1.165) is 4.90 Å². The molecule has 2 unspecified atom stereocenters. The molecular formula is C11H16F3N3O2. The number of piperazine rings is 1. The van der Waals surface area contributed by atoms with Crippen molar-refractivity contribution >= 4 is 11.8 Å². The molecule has 2 rings (SSSR count). The number of halogens is 3. The van der Waals surface area contributed by atoms with E-state index >= 15 is 0 Å². The van der Waals surface area contributed by atoms with E-state index in [1.165, 1.54) is 0 Å². The lowest BCUT2D eigenvalue weighted by Gasteiger charge is -2.40. The standard InChI is InChI=1S/C11H16F3N3O2/c1-10(15,11(12,13)14)9(19)16-4-5-17-7(6-16)2-3-8(17)18/h7H,2-6,15H2,1H3. The SMILES string of the molecule is CC(N)(C(=O)N1CCN2C(=O)CCC2C1)C(F)(F)F. The fourth-order valence-electron chi connectivity index (χ4n) is 2.50. The largest absolute Gasteiger partial charge is 0.415 e. The van der Waals surface area contributed by atoms with Gasteiger partial charge in [0.1, 0.15) is 0 Å². The van der Waals surface area contributed by atoms with Crippen LogP contribution in [0.2, 0.25) is 0 Å². The van der Waals surface area contributed by atoms with Crippen LogP contribution in [-0.2, 0) is 9.59 Å². The van der Waals surface area contributed by atoms with E-state index in [2.05, 4.69) is 0 Å². The van der Waals surface area contributed by atoms with Gasteiger partial charge in [-0.2, -0.15) is 13.2 Å². The number of fused-ring (bicyclic) bond motifs is 1. The molecular weight excluding hydrogens is 263 g/mol. The summed E-state index contributed by atoms with van der Waals surface area (Å²) in [6.45, 7) is 1.20. The molecule has 2 aliphatic heterocycles. The van der Waals surface area contributed by atoms with Gasteiger partial charge in [-0.05, 0) is 13.3 Å². The molecule has 0 radical (unpaired) electrons. The summed E-state index contributed by atoms with van der Waals surface area (Å²) >= 11 is 0. The molecule has 0 saturated carbocycles. The lowest BCUT2D eigenvalue weighted by Crippen LogP contribution is -2.65. The number of amides is 2. The third kappa shape index (κ3) is 2.29. The lowest BCUT2D eigenvalue weighted by molar-refractivity contribution is -0.195. The number of carbonyl (C=O) groups excluding carboxylic acids is 2. The monoisotopic (exact) mass is 279 g/mol. The summed E-state index contributed by atoms with van der Waals surface area (Å²) in [7, 11) is 0. The van der Waals surface area contributed by atoms with E-state index in [0.29, 0.717) is 19.8 Å². The summed E-state index contributed by atoms with van der Waals surface area (Å²) in [5.74, 6) is -1.12. The first-order chi connectivity index (χ1) is 8.64. The van der Waals surface area contributed by atoms with E-state index in [4.69, 9.17) is 5.73 Å². The highest BCUT2D eigenvalue weighted by molar-refractivity contribution is 5.87. The van der Waals surface area contributed by atoms with Crippen molar-refractivity contribution in [3.05, 3.63) is 0 Å². The number of hydrogen-bond donors (Lipinski definition) is 1. The molecule has 2 aliphatic rings. The maximum Gasteiger partial charge on any atom is 0.415 e. The second-order valence-electron chi connectivity index (χ2n) is 5.23. The molecule has 2 saturated heterocycles. The number of carbonyl (C=O) groups is 2. The molecule has 2 heterocycles. The number of hydrogen-bond acceptors (Lipinski definition) is 3. The second kappa shape index (κ2) is 4.36. The lowest BCUT2D eigenvalue weighted by atomic mass is 10.00. The number of alkyl halides is 3. The third-order valence-corrected chi connectivity index (χ3v) is 3.81. The molecule has 2 amide bonds. The van der Waals surface area contributed by atoms with Crippen LogP contribution in [0.15, 0.2) is 0 Å². The van der Waals surface area contributed by atoms with Crippen molar-refractivity contribution < 1.29 is 22.8 Å². The van der Waals surface area contributed by atoms with Crippen LogP contribution in [0.25, 0.3) is 0 Å². The molecule has 0 aromatic heterocycles. The first-order valence-electron chi connectivity index (χ1n) is 6.09. The van der Waals surface area contributed by atoms with Gasteiger partial charge in [0.05, 0.1) is 0 Å². The molecule has 0 aliphatic carbocycles. The van der Waals surface area contributed by atoms with Crippen LogP contribution in [0.4, 0.5) is 13.2 Å². The normalized spacial score (nSPS) is 27.2. The average molecular weight is 279 g/mol. The number of rotatable bonds is 1. The second-order valence-corrected chi connectivity index (χ2v) is 5.23. The van der Waals surface area contributed by atoms with Gasteiger partial charge in [0.25, 0.3) is 5.91 Å². The molecule has 0 aromatic rings. The van der Waals surface area contributed by atoms with Crippen molar-refractivity contribution in [2.45, 2.75) is 37.5 Å². The van der Waals surface area contributed by atoms with Gasteiger partial charge in [0.15, 0.2) is 5.54 Å². The molecule has 0 spiro atoms. The Kier molecular flexibility index (Phi) is 3.24. The molecule has 19 heavy (non-hydrogen) atoms. The van der Waals surface area contributed by atoms with Crippen LogP contribution in [0.3, 0.4) is 0 Å². The Hall–Kier alpha value is -1.31. The number of nitrogens with two attached hydrogens (primary N) is 1. The summed E-state index contributed by atoms with van der Waals surface area (Å²) in [5, 5.41) is 0. The molecule has 8 heteroatoms. The smallest absolute Gasteiger partial charge is 0.337 e. The maximum atomic E-state index is 12.7. The molecule has 108 valence electrons. The van der Waals surface area contributed by atoms with E-state index in [9.17, 15) is 22.8 Å². The molecule has 2 fully saturated rings. The van der Waals surface area contributed by atoms with Crippen molar-refractivity contribution in [2.24, 2.45) is 5.73 Å². The highest BCUT2D eigenvalue weighted by Gasteiger charge is 2.56. The summed E-state index contributed by atoms with van der Waals surface area (Å²) in [4.78, 5) is 26.1. The van der Waals surface area contributed by atoms with Gasteiger partial charge < -0.3 is 15.5 Å². The van der Waals surface area contributed by atoms with Crippen molar-refractivity contribution in [1.29, 1.82) is 0 Å². The van der Waals surface area contributed by atoms with Gasteiger partial charge in [-0.25, -0.2) is 0 Å². The predicted octanol–water partition coefficient (Wildman–Crippen LogP) is 0.0993. The van der Waals surface area contributed by atoms with Gasteiger partial charge in [0.2, 0.25) is 5.91 Å². The molecule has 0 aromatic carbocycles. The van der Waals surface area contributed by atoms with E-state index in [-0.39, 0.29) is 31.6 Å². The fourth-order valence-corrected chi connectivity index (χ4v) is 2.50. The van der Waals surface area contributed by atoms with Crippen LogP contribution in [0.1, 0.15) is 19.8 Å². The Morgan fingerprint density at radius 3 is 2.58 bits per heavy atom. The Morgan fingerprint density at radius 1 is 1.37 bits per heavy atom. The fraction of sp³-hybridized carbons (Fsp3) is 0.818. The van der Waals surface area contributed by atoms with Crippen LogP contribution < -0.4 is 5.73 Å². The molecule has 5 nitrogen and oxygen atoms in total.